The number of methoxy groups -OCH3 is 1. The van der Waals surface area contributed by atoms with Gasteiger partial charge in [-0.2, -0.15) is 0 Å². The number of anilines is 2. The van der Waals surface area contributed by atoms with E-state index in [1.165, 1.54) is 18.1 Å². The highest BCUT2D eigenvalue weighted by molar-refractivity contribution is 8.00. The molecule has 8 heteroatoms. The summed E-state index contributed by atoms with van der Waals surface area (Å²) in [5.74, 6) is 0.294. The SMILES string of the molecule is COc1ccc(NC(=O)c2ccccc2NC(=O)CSc2ncnc3ccccc23)cc1. The zero-order valence-corrected chi connectivity index (χ0v) is 18.1. The van der Waals surface area contributed by atoms with E-state index in [0.29, 0.717) is 22.7 Å². The van der Waals surface area contributed by atoms with Crippen LogP contribution in [0.5, 0.6) is 5.75 Å². The van der Waals surface area contributed by atoms with E-state index in [4.69, 9.17) is 4.74 Å². The Morgan fingerprint density at radius 3 is 2.47 bits per heavy atom. The largest absolute Gasteiger partial charge is 0.497 e. The zero-order valence-electron chi connectivity index (χ0n) is 17.2. The number of nitrogens with zero attached hydrogens (tertiary/aromatic N) is 2. The molecule has 1 aromatic heterocycles. The van der Waals surface area contributed by atoms with Crippen molar-refractivity contribution in [3.05, 3.63) is 84.7 Å². The Hall–Kier alpha value is -3.91. The molecule has 0 saturated heterocycles. The van der Waals surface area contributed by atoms with E-state index in [1.54, 1.807) is 55.6 Å². The molecule has 0 unspecified atom stereocenters. The molecule has 1 heterocycles. The van der Waals surface area contributed by atoms with Crippen LogP contribution in [-0.4, -0.2) is 34.6 Å². The van der Waals surface area contributed by atoms with Crippen LogP contribution >= 0.6 is 11.8 Å². The van der Waals surface area contributed by atoms with Gasteiger partial charge in [0, 0.05) is 11.1 Å². The minimum absolute atomic E-state index is 0.148. The van der Waals surface area contributed by atoms with Gasteiger partial charge in [-0.3, -0.25) is 9.59 Å². The van der Waals surface area contributed by atoms with Crippen molar-refractivity contribution in [1.82, 2.24) is 9.97 Å². The summed E-state index contributed by atoms with van der Waals surface area (Å²) in [6.07, 6.45) is 1.49. The number of thioether (sulfide) groups is 1. The average molecular weight is 445 g/mol. The van der Waals surface area contributed by atoms with Crippen molar-refractivity contribution in [2.24, 2.45) is 0 Å². The lowest BCUT2D eigenvalue weighted by molar-refractivity contribution is -0.113. The average Bonchev–Trinajstić information content (AvgIpc) is 2.83. The van der Waals surface area contributed by atoms with Crippen molar-refractivity contribution in [2.45, 2.75) is 5.03 Å². The summed E-state index contributed by atoms with van der Waals surface area (Å²) in [6, 6.07) is 21.6. The second kappa shape index (κ2) is 9.93. The third kappa shape index (κ3) is 5.04. The van der Waals surface area contributed by atoms with E-state index in [1.807, 2.05) is 24.3 Å². The summed E-state index contributed by atoms with van der Waals surface area (Å²) < 4.78 is 5.13. The van der Waals surface area contributed by atoms with Crippen molar-refractivity contribution in [2.75, 3.05) is 23.5 Å². The second-order valence-electron chi connectivity index (χ2n) is 6.76. The van der Waals surface area contributed by atoms with Gasteiger partial charge < -0.3 is 15.4 Å². The van der Waals surface area contributed by atoms with Gasteiger partial charge in [0.1, 0.15) is 17.1 Å². The highest BCUT2D eigenvalue weighted by atomic mass is 32.2. The lowest BCUT2D eigenvalue weighted by Gasteiger charge is -2.12. The maximum absolute atomic E-state index is 12.8. The molecular formula is C24H20N4O3S. The summed E-state index contributed by atoms with van der Waals surface area (Å²) in [5, 5.41) is 7.29. The van der Waals surface area contributed by atoms with Gasteiger partial charge in [-0.1, -0.05) is 42.1 Å². The van der Waals surface area contributed by atoms with Gasteiger partial charge in [-0.15, -0.1) is 0 Å². The van der Waals surface area contributed by atoms with Crippen LogP contribution in [0.15, 0.2) is 84.1 Å². The lowest BCUT2D eigenvalue weighted by Crippen LogP contribution is -2.19. The van der Waals surface area contributed by atoms with Crippen LogP contribution < -0.4 is 15.4 Å². The summed E-state index contributed by atoms with van der Waals surface area (Å²) in [7, 11) is 1.58. The Balaban J connectivity index is 1.42. The molecule has 0 fully saturated rings. The molecule has 0 aliphatic rings. The van der Waals surface area contributed by atoms with Gasteiger partial charge >= 0.3 is 0 Å². The second-order valence-corrected chi connectivity index (χ2v) is 7.73. The van der Waals surface area contributed by atoms with Gasteiger partial charge in [-0.25, -0.2) is 9.97 Å². The fourth-order valence-corrected chi connectivity index (χ4v) is 3.87. The van der Waals surface area contributed by atoms with Crippen molar-refractivity contribution in [1.29, 1.82) is 0 Å². The Bertz CT molecular complexity index is 1260. The molecule has 0 bridgehead atoms. The summed E-state index contributed by atoms with van der Waals surface area (Å²) in [6.45, 7) is 0. The first-order chi connectivity index (χ1) is 15.6. The van der Waals surface area contributed by atoms with Crippen LogP contribution in [0.3, 0.4) is 0 Å². The molecule has 2 amide bonds. The highest BCUT2D eigenvalue weighted by Gasteiger charge is 2.14. The number of ether oxygens (including phenoxy) is 1. The number of aromatic nitrogens is 2. The highest BCUT2D eigenvalue weighted by Crippen LogP contribution is 2.25. The van der Waals surface area contributed by atoms with Gasteiger partial charge in [0.2, 0.25) is 5.91 Å². The van der Waals surface area contributed by atoms with Gasteiger partial charge in [-0.05, 0) is 42.5 Å². The number of carbonyl (C=O) groups excluding carboxylic acids is 2. The van der Waals surface area contributed by atoms with Crippen molar-refractivity contribution >= 4 is 45.9 Å². The number of amides is 2. The maximum atomic E-state index is 12.8. The van der Waals surface area contributed by atoms with E-state index >= 15 is 0 Å². The maximum Gasteiger partial charge on any atom is 0.257 e. The van der Waals surface area contributed by atoms with E-state index in [0.717, 1.165) is 15.9 Å². The number of rotatable bonds is 7. The Kier molecular flexibility index (Phi) is 6.62. The van der Waals surface area contributed by atoms with Gasteiger partial charge in [0.05, 0.1) is 29.6 Å². The lowest BCUT2D eigenvalue weighted by atomic mass is 10.1. The predicted molar refractivity (Wildman–Crippen MR) is 126 cm³/mol. The van der Waals surface area contributed by atoms with E-state index in [2.05, 4.69) is 20.6 Å². The smallest absolute Gasteiger partial charge is 0.257 e. The zero-order chi connectivity index (χ0) is 22.3. The predicted octanol–water partition coefficient (Wildman–Crippen LogP) is 4.62. The summed E-state index contributed by atoms with van der Waals surface area (Å²) >= 11 is 1.32. The number of hydrogen-bond donors (Lipinski definition) is 2. The molecule has 160 valence electrons. The first-order valence-corrected chi connectivity index (χ1v) is 10.8. The van der Waals surface area contributed by atoms with Crippen LogP contribution in [0.25, 0.3) is 10.9 Å². The number of hydrogen-bond acceptors (Lipinski definition) is 6. The summed E-state index contributed by atoms with van der Waals surface area (Å²) in [5.41, 5.74) is 2.26. The fourth-order valence-electron chi connectivity index (χ4n) is 3.08. The van der Waals surface area contributed by atoms with Crippen molar-refractivity contribution < 1.29 is 14.3 Å². The molecule has 0 spiro atoms. The van der Waals surface area contributed by atoms with Crippen LogP contribution in [0.4, 0.5) is 11.4 Å². The van der Waals surface area contributed by atoms with Crippen LogP contribution in [0.2, 0.25) is 0 Å². The fraction of sp³-hybridized carbons (Fsp3) is 0.0833. The number of benzene rings is 3. The molecule has 4 rings (SSSR count). The normalized spacial score (nSPS) is 10.5. The number of fused-ring (bicyclic) bond motifs is 1. The van der Waals surface area contributed by atoms with Crippen LogP contribution in [0, 0.1) is 0 Å². The molecule has 7 nitrogen and oxygen atoms in total. The Labute approximate surface area is 189 Å². The topological polar surface area (TPSA) is 93.2 Å². The Morgan fingerprint density at radius 2 is 1.66 bits per heavy atom. The molecule has 0 aliphatic carbocycles. The monoisotopic (exact) mass is 444 g/mol. The molecule has 2 N–H and O–H groups in total. The Morgan fingerprint density at radius 1 is 0.906 bits per heavy atom. The molecule has 0 radical (unpaired) electrons. The standard InChI is InChI=1S/C24H20N4O3S/c1-31-17-12-10-16(11-13-17)27-23(30)18-6-2-5-9-21(18)28-22(29)14-32-24-19-7-3-4-8-20(19)25-15-26-24/h2-13,15H,14H2,1H3,(H,27,30)(H,28,29). The first kappa shape index (κ1) is 21.3. The summed E-state index contributed by atoms with van der Waals surface area (Å²) in [4.78, 5) is 33.9. The molecule has 32 heavy (non-hydrogen) atoms. The molecular weight excluding hydrogens is 424 g/mol. The number of nitrogens with one attached hydrogen (secondary N) is 2. The minimum Gasteiger partial charge on any atom is -0.497 e. The molecule has 0 saturated carbocycles. The quantitative estimate of drug-likeness (QED) is 0.319. The van der Waals surface area contributed by atoms with Gasteiger partial charge in [0.25, 0.3) is 5.91 Å². The molecule has 0 atom stereocenters. The van der Waals surface area contributed by atoms with Crippen LogP contribution in [-0.2, 0) is 4.79 Å². The molecule has 0 aliphatic heterocycles. The van der Waals surface area contributed by atoms with Crippen LogP contribution in [0.1, 0.15) is 10.4 Å². The van der Waals surface area contributed by atoms with Crippen molar-refractivity contribution in [3.8, 4) is 5.75 Å². The number of para-hydroxylation sites is 2. The van der Waals surface area contributed by atoms with E-state index < -0.39 is 0 Å². The minimum atomic E-state index is -0.319. The molecule has 3 aromatic carbocycles. The van der Waals surface area contributed by atoms with E-state index in [-0.39, 0.29) is 17.6 Å². The van der Waals surface area contributed by atoms with Crippen molar-refractivity contribution in [3.63, 3.8) is 0 Å². The molecule has 4 aromatic rings. The third-order valence-electron chi connectivity index (χ3n) is 4.64. The van der Waals surface area contributed by atoms with Gasteiger partial charge in [0.15, 0.2) is 0 Å². The third-order valence-corrected chi connectivity index (χ3v) is 5.65. The van der Waals surface area contributed by atoms with E-state index in [9.17, 15) is 9.59 Å². The first-order valence-electron chi connectivity index (χ1n) is 9.81. The number of carbonyl (C=O) groups is 2.